The van der Waals surface area contributed by atoms with Crippen LogP contribution in [-0.2, 0) is 0 Å². The third kappa shape index (κ3) is 2.88. The van der Waals surface area contributed by atoms with E-state index in [4.69, 9.17) is 5.11 Å². The predicted molar refractivity (Wildman–Crippen MR) is 67.2 cm³/mol. The third-order valence-corrected chi connectivity index (χ3v) is 2.63. The number of hydrogen-bond donors (Lipinski definition) is 2. The topological polar surface area (TPSA) is 49.3 Å². The van der Waals surface area contributed by atoms with E-state index in [1.54, 1.807) is 0 Å². The van der Waals surface area contributed by atoms with Gasteiger partial charge < -0.3 is 10.4 Å². The number of amides is 1. The molecule has 2 aromatic carbocycles. The van der Waals surface area contributed by atoms with E-state index in [2.05, 4.69) is 5.32 Å². The largest absolute Gasteiger partial charge is 0.508 e. The number of anilines is 1. The summed E-state index contributed by atoms with van der Waals surface area (Å²) in [7, 11) is 0. The van der Waals surface area contributed by atoms with Crippen molar-refractivity contribution in [2.75, 3.05) is 5.32 Å². The Morgan fingerprint density at radius 2 is 1.74 bits per heavy atom. The summed E-state index contributed by atoms with van der Waals surface area (Å²) in [6.45, 7) is 1.43. The Morgan fingerprint density at radius 3 is 2.37 bits per heavy atom. The molecule has 0 bridgehead atoms. The van der Waals surface area contributed by atoms with Gasteiger partial charge in [-0.05, 0) is 42.8 Å². The van der Waals surface area contributed by atoms with Gasteiger partial charge in [0.25, 0.3) is 5.91 Å². The molecule has 0 aliphatic rings. The first-order valence-electron chi connectivity index (χ1n) is 5.53. The van der Waals surface area contributed by atoms with Crippen molar-refractivity contribution in [3.05, 3.63) is 59.2 Å². The minimum absolute atomic E-state index is 0.0177. The second-order valence-corrected chi connectivity index (χ2v) is 4.08. The van der Waals surface area contributed by atoms with Gasteiger partial charge >= 0.3 is 0 Å². The quantitative estimate of drug-likeness (QED) is 0.873. The molecule has 5 heteroatoms. The molecule has 0 atom stereocenters. The van der Waals surface area contributed by atoms with Gasteiger partial charge in [-0.15, -0.1) is 0 Å². The van der Waals surface area contributed by atoms with E-state index in [-0.39, 0.29) is 22.6 Å². The van der Waals surface area contributed by atoms with Crippen LogP contribution in [0.1, 0.15) is 15.9 Å². The zero-order valence-electron chi connectivity index (χ0n) is 10.1. The van der Waals surface area contributed by atoms with Crippen LogP contribution in [0, 0.1) is 18.6 Å². The number of aryl methyl sites for hydroxylation is 1. The number of aromatic hydroxyl groups is 1. The second kappa shape index (κ2) is 5.06. The summed E-state index contributed by atoms with van der Waals surface area (Å²) in [6.07, 6.45) is 0. The van der Waals surface area contributed by atoms with Crippen LogP contribution < -0.4 is 5.32 Å². The smallest absolute Gasteiger partial charge is 0.255 e. The van der Waals surface area contributed by atoms with Gasteiger partial charge in [0, 0.05) is 11.6 Å². The summed E-state index contributed by atoms with van der Waals surface area (Å²) < 4.78 is 26.9. The number of rotatable bonds is 2. The maximum atomic E-state index is 13.5. The van der Waals surface area contributed by atoms with Crippen LogP contribution in [-0.4, -0.2) is 11.0 Å². The molecule has 0 radical (unpaired) electrons. The third-order valence-electron chi connectivity index (χ3n) is 2.63. The number of phenolic OH excluding ortho intramolecular Hbond substituents is 1. The molecule has 0 fully saturated rings. The Bertz CT molecular complexity index is 624. The van der Waals surface area contributed by atoms with Gasteiger partial charge in [-0.2, -0.15) is 0 Å². The van der Waals surface area contributed by atoms with Gasteiger partial charge in [-0.25, -0.2) is 8.78 Å². The highest BCUT2D eigenvalue weighted by Gasteiger charge is 2.11. The van der Waals surface area contributed by atoms with E-state index < -0.39 is 17.5 Å². The van der Waals surface area contributed by atoms with Crippen molar-refractivity contribution in [1.82, 2.24) is 0 Å². The summed E-state index contributed by atoms with van der Waals surface area (Å²) in [5.41, 5.74) is 0.180. The highest BCUT2D eigenvalue weighted by molar-refractivity contribution is 6.04. The number of halogens is 2. The molecule has 2 N–H and O–H groups in total. The van der Waals surface area contributed by atoms with Gasteiger partial charge in [0.1, 0.15) is 17.4 Å². The average molecular weight is 263 g/mol. The van der Waals surface area contributed by atoms with Gasteiger partial charge in [0.15, 0.2) is 0 Å². The fourth-order valence-electron chi connectivity index (χ4n) is 1.55. The van der Waals surface area contributed by atoms with Crippen LogP contribution in [0.15, 0.2) is 36.4 Å². The van der Waals surface area contributed by atoms with E-state index in [0.717, 1.165) is 12.1 Å². The molecule has 19 heavy (non-hydrogen) atoms. The van der Waals surface area contributed by atoms with Crippen LogP contribution in [0.3, 0.4) is 0 Å². The van der Waals surface area contributed by atoms with Crippen LogP contribution in [0.4, 0.5) is 14.5 Å². The number of nitrogens with one attached hydrogen (secondary N) is 1. The summed E-state index contributed by atoms with van der Waals surface area (Å²) >= 11 is 0. The second-order valence-electron chi connectivity index (χ2n) is 4.08. The Labute approximate surface area is 108 Å². The lowest BCUT2D eigenvalue weighted by atomic mass is 10.1. The Kier molecular flexibility index (Phi) is 3.46. The van der Waals surface area contributed by atoms with E-state index in [1.165, 1.54) is 31.2 Å². The van der Waals surface area contributed by atoms with Gasteiger partial charge in [0.2, 0.25) is 0 Å². The molecule has 0 aromatic heterocycles. The highest BCUT2D eigenvalue weighted by Crippen LogP contribution is 2.20. The minimum atomic E-state index is -0.703. The van der Waals surface area contributed by atoms with Crippen LogP contribution in [0.2, 0.25) is 0 Å². The molecule has 1 amide bonds. The van der Waals surface area contributed by atoms with Gasteiger partial charge in [-0.3, -0.25) is 4.79 Å². The maximum absolute atomic E-state index is 13.5. The highest BCUT2D eigenvalue weighted by atomic mass is 19.1. The summed E-state index contributed by atoms with van der Waals surface area (Å²) in [5, 5.41) is 11.4. The van der Waals surface area contributed by atoms with Gasteiger partial charge in [0.05, 0.1) is 5.69 Å². The lowest BCUT2D eigenvalue weighted by molar-refractivity contribution is 0.102. The van der Waals surface area contributed by atoms with Crippen LogP contribution in [0.5, 0.6) is 5.75 Å². The molecule has 0 heterocycles. The first-order chi connectivity index (χ1) is 8.97. The Morgan fingerprint density at radius 1 is 1.11 bits per heavy atom. The molecule has 0 spiro atoms. The molecule has 98 valence electrons. The van der Waals surface area contributed by atoms with E-state index >= 15 is 0 Å². The van der Waals surface area contributed by atoms with Crippen molar-refractivity contribution < 1.29 is 18.7 Å². The summed E-state index contributed by atoms with van der Waals surface area (Å²) in [4.78, 5) is 11.8. The van der Waals surface area contributed by atoms with Crippen molar-refractivity contribution in [3.63, 3.8) is 0 Å². The molecule has 0 saturated carbocycles. The van der Waals surface area contributed by atoms with Crippen molar-refractivity contribution in [3.8, 4) is 5.75 Å². The Balaban J connectivity index is 2.24. The summed E-state index contributed by atoms with van der Waals surface area (Å²) in [6, 6.07) is 7.38. The zero-order chi connectivity index (χ0) is 14.0. The van der Waals surface area contributed by atoms with E-state index in [1.807, 2.05) is 0 Å². The zero-order valence-corrected chi connectivity index (χ0v) is 10.1. The average Bonchev–Trinajstić information content (AvgIpc) is 2.36. The first-order valence-corrected chi connectivity index (χ1v) is 5.53. The first kappa shape index (κ1) is 13.0. The Hall–Kier alpha value is -2.43. The lowest BCUT2D eigenvalue weighted by Crippen LogP contribution is -2.13. The van der Waals surface area contributed by atoms with Crippen molar-refractivity contribution in [1.29, 1.82) is 0 Å². The molecule has 2 rings (SSSR count). The summed E-state index contributed by atoms with van der Waals surface area (Å²) in [5.74, 6) is -1.86. The van der Waals surface area contributed by atoms with Crippen molar-refractivity contribution >= 4 is 11.6 Å². The minimum Gasteiger partial charge on any atom is -0.508 e. The normalized spacial score (nSPS) is 10.3. The van der Waals surface area contributed by atoms with Crippen molar-refractivity contribution in [2.24, 2.45) is 0 Å². The lowest BCUT2D eigenvalue weighted by Gasteiger charge is -2.08. The molecule has 0 aliphatic heterocycles. The van der Waals surface area contributed by atoms with E-state index in [9.17, 15) is 13.6 Å². The molecule has 3 nitrogen and oxygen atoms in total. The van der Waals surface area contributed by atoms with E-state index in [0.29, 0.717) is 0 Å². The molecular weight excluding hydrogens is 252 g/mol. The van der Waals surface area contributed by atoms with Gasteiger partial charge in [-0.1, -0.05) is 0 Å². The number of carbonyl (C=O) groups is 1. The monoisotopic (exact) mass is 263 g/mol. The van der Waals surface area contributed by atoms with Crippen LogP contribution >= 0.6 is 0 Å². The predicted octanol–water partition coefficient (Wildman–Crippen LogP) is 3.23. The number of hydrogen-bond acceptors (Lipinski definition) is 2. The van der Waals surface area contributed by atoms with Crippen LogP contribution in [0.25, 0.3) is 0 Å². The fraction of sp³-hybridized carbons (Fsp3) is 0.0714. The molecule has 0 unspecified atom stereocenters. The standard InChI is InChI=1S/C14H11F2NO2/c1-8-6-12(16)13(7-11(8)15)17-14(19)9-2-4-10(18)5-3-9/h2-7,18H,1H3,(H,17,19). The maximum Gasteiger partial charge on any atom is 0.255 e. The number of phenols is 1. The SMILES string of the molecule is Cc1cc(F)c(NC(=O)c2ccc(O)cc2)cc1F. The molecule has 2 aromatic rings. The number of benzene rings is 2. The van der Waals surface area contributed by atoms with Crippen molar-refractivity contribution in [2.45, 2.75) is 6.92 Å². The molecule has 0 saturated heterocycles. The number of carbonyl (C=O) groups excluding carboxylic acids is 1. The fourth-order valence-corrected chi connectivity index (χ4v) is 1.55. The molecule has 0 aliphatic carbocycles. The molecular formula is C14H11F2NO2.